The number of imidazole rings is 1. The average molecular weight is 473 g/mol. The smallest absolute Gasteiger partial charge is 0.254 e. The van der Waals surface area contributed by atoms with E-state index in [1.807, 2.05) is 35.7 Å². The molecule has 9 heteroatoms. The number of benzene rings is 1. The summed E-state index contributed by atoms with van der Waals surface area (Å²) in [5, 5.41) is 16.0. The number of aliphatic hydroxyl groups is 1. The van der Waals surface area contributed by atoms with E-state index in [2.05, 4.69) is 25.5 Å². The Bertz CT molecular complexity index is 1440. The van der Waals surface area contributed by atoms with Gasteiger partial charge in [-0.05, 0) is 55.2 Å². The molecule has 5 heterocycles. The van der Waals surface area contributed by atoms with Crippen LogP contribution in [-0.2, 0) is 6.54 Å². The molecule has 2 aliphatic rings. The maximum atomic E-state index is 13.7. The fourth-order valence-electron chi connectivity index (χ4n) is 5.08. The second-order valence-corrected chi connectivity index (χ2v) is 9.11. The number of nitrogens with zero attached hydrogens (tertiary/aromatic N) is 4. The molecule has 6 rings (SSSR count). The molecule has 1 amide bonds. The molecule has 3 aromatic heterocycles. The van der Waals surface area contributed by atoms with Gasteiger partial charge in [0.25, 0.3) is 5.91 Å². The Morgan fingerprint density at radius 1 is 1.11 bits per heavy atom. The number of hydrogen-bond acceptors (Lipinski definition) is 6. The van der Waals surface area contributed by atoms with Gasteiger partial charge < -0.3 is 20.6 Å². The number of amides is 1. The number of nitrogens with one attached hydrogen (secondary N) is 2. The van der Waals surface area contributed by atoms with Crippen LogP contribution >= 0.6 is 0 Å². The summed E-state index contributed by atoms with van der Waals surface area (Å²) in [4.78, 5) is 24.0. The van der Waals surface area contributed by atoms with Crippen LogP contribution < -0.4 is 15.5 Å². The number of fused-ring (bicyclic) bond motifs is 2. The molecule has 8 nitrogen and oxygen atoms in total. The lowest BCUT2D eigenvalue weighted by Crippen LogP contribution is -2.35. The van der Waals surface area contributed by atoms with E-state index in [0.29, 0.717) is 29.3 Å². The van der Waals surface area contributed by atoms with Crippen LogP contribution in [0.4, 0.5) is 21.6 Å². The predicted octanol–water partition coefficient (Wildman–Crippen LogP) is 3.79. The molecule has 178 valence electrons. The molecule has 4 aromatic rings. The molecule has 0 radical (unpaired) electrons. The first kappa shape index (κ1) is 21.5. The Morgan fingerprint density at radius 3 is 2.71 bits per heavy atom. The Morgan fingerprint density at radius 2 is 1.94 bits per heavy atom. The third-order valence-corrected chi connectivity index (χ3v) is 6.85. The zero-order valence-corrected chi connectivity index (χ0v) is 19.3. The molecule has 1 fully saturated rings. The maximum Gasteiger partial charge on any atom is 0.254 e. The van der Waals surface area contributed by atoms with Crippen molar-refractivity contribution in [3.63, 3.8) is 0 Å². The van der Waals surface area contributed by atoms with Crippen LogP contribution in [0.5, 0.6) is 0 Å². The Hall–Kier alpha value is -3.98. The van der Waals surface area contributed by atoms with E-state index >= 15 is 0 Å². The third-order valence-electron chi connectivity index (χ3n) is 6.85. The molecule has 0 aliphatic carbocycles. The summed E-state index contributed by atoms with van der Waals surface area (Å²) in [6.07, 6.45) is 6.49. The van der Waals surface area contributed by atoms with Crippen LogP contribution in [-0.4, -0.2) is 44.6 Å². The highest BCUT2D eigenvalue weighted by atomic mass is 19.1. The van der Waals surface area contributed by atoms with Crippen molar-refractivity contribution in [1.82, 2.24) is 19.7 Å². The van der Waals surface area contributed by atoms with E-state index in [1.54, 1.807) is 12.4 Å². The summed E-state index contributed by atoms with van der Waals surface area (Å²) in [6.45, 7) is 4.01. The van der Waals surface area contributed by atoms with Crippen molar-refractivity contribution in [2.75, 3.05) is 23.3 Å². The van der Waals surface area contributed by atoms with Gasteiger partial charge in [-0.15, -0.1) is 0 Å². The van der Waals surface area contributed by atoms with Crippen molar-refractivity contribution < 1.29 is 14.3 Å². The van der Waals surface area contributed by atoms with Gasteiger partial charge in [0.1, 0.15) is 17.3 Å². The molecular formula is C26H25FN6O2. The van der Waals surface area contributed by atoms with E-state index in [1.165, 1.54) is 12.1 Å². The lowest BCUT2D eigenvalue weighted by Gasteiger charge is -2.31. The van der Waals surface area contributed by atoms with Crippen molar-refractivity contribution in [3.8, 4) is 11.3 Å². The first-order chi connectivity index (χ1) is 17.0. The fourth-order valence-corrected chi connectivity index (χ4v) is 5.08. The second-order valence-electron chi connectivity index (χ2n) is 9.11. The number of aryl methyl sites for hydroxylation is 1. The van der Waals surface area contributed by atoms with Gasteiger partial charge in [0, 0.05) is 37.5 Å². The van der Waals surface area contributed by atoms with Crippen LogP contribution in [0.1, 0.15) is 34.3 Å². The van der Waals surface area contributed by atoms with Crippen molar-refractivity contribution in [1.29, 1.82) is 0 Å². The monoisotopic (exact) mass is 472 g/mol. The third kappa shape index (κ3) is 3.77. The lowest BCUT2D eigenvalue weighted by molar-refractivity contribution is 0.0966. The van der Waals surface area contributed by atoms with Gasteiger partial charge in [0.05, 0.1) is 41.1 Å². The Balaban J connectivity index is 1.34. The van der Waals surface area contributed by atoms with Crippen LogP contribution in [0.2, 0.25) is 0 Å². The van der Waals surface area contributed by atoms with E-state index < -0.39 is 0 Å². The summed E-state index contributed by atoms with van der Waals surface area (Å²) < 4.78 is 15.5. The minimum atomic E-state index is -0.343. The zero-order valence-electron chi connectivity index (χ0n) is 19.3. The number of anilines is 3. The number of piperidine rings is 1. The number of pyridine rings is 2. The number of halogens is 1. The summed E-state index contributed by atoms with van der Waals surface area (Å²) in [7, 11) is 0. The highest BCUT2D eigenvalue weighted by molar-refractivity contribution is 6.06. The molecule has 1 aromatic carbocycles. The van der Waals surface area contributed by atoms with E-state index in [-0.39, 0.29) is 17.8 Å². The van der Waals surface area contributed by atoms with Gasteiger partial charge in [-0.1, -0.05) is 0 Å². The van der Waals surface area contributed by atoms with E-state index in [4.69, 9.17) is 0 Å². The minimum absolute atomic E-state index is 0.146. The number of carbonyl (C=O) groups is 1. The molecule has 35 heavy (non-hydrogen) atoms. The number of carbonyl (C=O) groups excluding carboxylic acids is 1. The van der Waals surface area contributed by atoms with Gasteiger partial charge in [-0.2, -0.15) is 0 Å². The number of hydrogen-bond donors (Lipinski definition) is 3. The van der Waals surface area contributed by atoms with Crippen LogP contribution in [0.25, 0.3) is 16.9 Å². The summed E-state index contributed by atoms with van der Waals surface area (Å²) in [5.41, 5.74) is 6.38. The topological polar surface area (TPSA) is 94.8 Å². The van der Waals surface area contributed by atoms with Gasteiger partial charge in [-0.25, -0.2) is 14.4 Å². The molecule has 0 saturated carbocycles. The second kappa shape index (κ2) is 8.35. The quantitative estimate of drug-likeness (QED) is 0.418. The zero-order chi connectivity index (χ0) is 24.1. The van der Waals surface area contributed by atoms with Crippen molar-refractivity contribution in [2.45, 2.75) is 32.4 Å². The SMILES string of the molecule is Cc1cc(Nc2ccc(N3CCC(O)CC3)cn2)c2c(c1-c1cnc3cc(F)ccn13)CNC2=O. The number of aromatic nitrogens is 3. The van der Waals surface area contributed by atoms with Crippen LogP contribution in [0.15, 0.2) is 48.9 Å². The van der Waals surface area contributed by atoms with E-state index in [0.717, 1.165) is 54.0 Å². The van der Waals surface area contributed by atoms with Gasteiger partial charge in [0.2, 0.25) is 0 Å². The Labute approximate surface area is 201 Å². The normalized spacial score (nSPS) is 16.0. The molecule has 1 saturated heterocycles. The molecule has 0 atom stereocenters. The maximum absolute atomic E-state index is 13.7. The van der Waals surface area contributed by atoms with Crippen LogP contribution in [0.3, 0.4) is 0 Å². The van der Waals surface area contributed by atoms with Gasteiger partial charge in [-0.3, -0.25) is 9.20 Å². The highest BCUT2D eigenvalue weighted by Crippen LogP contribution is 2.38. The molecule has 2 aliphatic heterocycles. The molecule has 0 spiro atoms. The molecule has 3 N–H and O–H groups in total. The fraction of sp³-hybridized carbons (Fsp3) is 0.269. The average Bonchev–Trinajstić information content (AvgIpc) is 3.44. The first-order valence-corrected chi connectivity index (χ1v) is 11.7. The van der Waals surface area contributed by atoms with Crippen molar-refractivity contribution in [2.24, 2.45) is 0 Å². The summed E-state index contributed by atoms with van der Waals surface area (Å²) in [6, 6.07) is 8.64. The molecule has 0 unspecified atom stereocenters. The van der Waals surface area contributed by atoms with Gasteiger partial charge >= 0.3 is 0 Å². The standard InChI is InChI=1S/C26H25FN6O2/c1-15-10-20(31-22-3-2-17(12-28-22)32-7-5-18(34)6-8-32)25-19(13-30-26(25)35)24(15)21-14-29-23-11-16(27)4-9-33(21)23/h2-4,9-12,14,18,34H,5-8,13H2,1H3,(H,28,31)(H,30,35). The first-order valence-electron chi connectivity index (χ1n) is 11.7. The van der Waals surface area contributed by atoms with Crippen LogP contribution in [0, 0.1) is 12.7 Å². The largest absolute Gasteiger partial charge is 0.393 e. The number of rotatable bonds is 4. The summed E-state index contributed by atoms with van der Waals surface area (Å²) >= 11 is 0. The van der Waals surface area contributed by atoms with Gasteiger partial charge in [0.15, 0.2) is 0 Å². The summed E-state index contributed by atoms with van der Waals surface area (Å²) in [5.74, 6) is 0.154. The Kier molecular flexibility index (Phi) is 5.14. The van der Waals surface area contributed by atoms with Crippen molar-refractivity contribution in [3.05, 3.63) is 71.4 Å². The van der Waals surface area contributed by atoms with Crippen molar-refractivity contribution >= 4 is 28.7 Å². The minimum Gasteiger partial charge on any atom is -0.393 e. The highest BCUT2D eigenvalue weighted by Gasteiger charge is 2.29. The van der Waals surface area contributed by atoms with E-state index in [9.17, 15) is 14.3 Å². The number of aliphatic hydroxyl groups excluding tert-OH is 1. The lowest BCUT2D eigenvalue weighted by atomic mass is 9.94. The predicted molar refractivity (Wildman–Crippen MR) is 131 cm³/mol. The molecule has 0 bridgehead atoms. The molecular weight excluding hydrogens is 447 g/mol.